The molecule has 0 saturated carbocycles. The fraction of sp³-hybridized carbons (Fsp3) is 0.263. The van der Waals surface area contributed by atoms with Gasteiger partial charge in [0.2, 0.25) is 5.91 Å². The molecule has 1 aromatic carbocycles. The van der Waals surface area contributed by atoms with Gasteiger partial charge in [-0.2, -0.15) is 26.3 Å². The summed E-state index contributed by atoms with van der Waals surface area (Å²) >= 11 is 0. The quantitative estimate of drug-likeness (QED) is 0.479. The van der Waals surface area contributed by atoms with Gasteiger partial charge in [-0.1, -0.05) is 36.4 Å². The Hall–Kier alpha value is -3.68. The van der Waals surface area contributed by atoms with Crippen molar-refractivity contribution >= 4 is 17.8 Å². The number of halogens is 6. The van der Waals surface area contributed by atoms with Gasteiger partial charge in [0, 0.05) is 6.20 Å². The molecular weight excluding hydrogens is 464 g/mol. The molecule has 0 bridgehead atoms. The van der Waals surface area contributed by atoms with E-state index in [9.17, 15) is 31.1 Å². The third kappa shape index (κ3) is 14.1. The number of pyridine rings is 1. The first-order valence-corrected chi connectivity index (χ1v) is 8.72. The van der Waals surface area contributed by atoms with Crippen molar-refractivity contribution in [3.63, 3.8) is 0 Å². The number of carboxylic acids is 2. The minimum atomic E-state index is -5.08. The number of amides is 1. The molecule has 1 atom stereocenters. The number of carbonyl (C=O) groups is 3. The Bertz CT molecular complexity index is 853. The molecule has 0 aliphatic heterocycles. The SMILES string of the molecule is N[C@@H](Cc1ccccc1)C(=O)NCc1ccccn1.O=C(O)C(F)(F)F.O=C(O)C(F)(F)F. The van der Waals surface area contributed by atoms with Crippen molar-refractivity contribution in [1.82, 2.24) is 10.3 Å². The number of nitrogens with one attached hydrogen (secondary N) is 1. The van der Waals surface area contributed by atoms with E-state index in [1.54, 1.807) is 6.20 Å². The van der Waals surface area contributed by atoms with Crippen molar-refractivity contribution < 1.29 is 50.9 Å². The standard InChI is InChI=1S/C15H17N3O.2C2HF3O2/c16-14(10-12-6-2-1-3-7-12)15(19)18-11-13-8-4-5-9-17-13;2*3-2(4,5)1(6)7/h1-9,14H,10-11,16H2,(H,18,19);2*(H,6,7)/t14-;;/m0../s1. The molecule has 1 aromatic heterocycles. The van der Waals surface area contributed by atoms with Crippen LogP contribution >= 0.6 is 0 Å². The van der Waals surface area contributed by atoms with Gasteiger partial charge >= 0.3 is 24.3 Å². The van der Waals surface area contributed by atoms with Crippen LogP contribution in [0.5, 0.6) is 0 Å². The number of aromatic nitrogens is 1. The highest BCUT2D eigenvalue weighted by Gasteiger charge is 2.38. The van der Waals surface area contributed by atoms with E-state index in [-0.39, 0.29) is 5.91 Å². The minimum Gasteiger partial charge on any atom is -0.475 e. The Kier molecular flexibility index (Phi) is 12.1. The zero-order valence-corrected chi connectivity index (χ0v) is 16.6. The maximum Gasteiger partial charge on any atom is 0.490 e. The van der Waals surface area contributed by atoms with E-state index in [0.717, 1.165) is 11.3 Å². The van der Waals surface area contributed by atoms with E-state index < -0.39 is 30.3 Å². The molecule has 0 spiro atoms. The van der Waals surface area contributed by atoms with Gasteiger partial charge < -0.3 is 21.3 Å². The summed E-state index contributed by atoms with van der Waals surface area (Å²) in [7, 11) is 0. The van der Waals surface area contributed by atoms with Gasteiger partial charge in [0.15, 0.2) is 0 Å². The smallest absolute Gasteiger partial charge is 0.475 e. The van der Waals surface area contributed by atoms with Gasteiger partial charge in [0.25, 0.3) is 0 Å². The topological polar surface area (TPSA) is 143 Å². The van der Waals surface area contributed by atoms with Gasteiger partial charge in [-0.3, -0.25) is 9.78 Å². The van der Waals surface area contributed by atoms with Crippen molar-refractivity contribution in [3.05, 3.63) is 66.0 Å². The number of aliphatic carboxylic acids is 2. The Morgan fingerprint density at radius 1 is 0.879 bits per heavy atom. The first-order chi connectivity index (χ1) is 15.1. The number of rotatable bonds is 5. The maximum atomic E-state index is 11.9. The van der Waals surface area contributed by atoms with Gasteiger partial charge in [-0.15, -0.1) is 0 Å². The van der Waals surface area contributed by atoms with Crippen LogP contribution < -0.4 is 11.1 Å². The number of carbonyl (C=O) groups excluding carboxylic acids is 1. The van der Waals surface area contributed by atoms with Crippen LogP contribution in [0.2, 0.25) is 0 Å². The Balaban J connectivity index is 0.000000605. The largest absolute Gasteiger partial charge is 0.490 e. The zero-order valence-electron chi connectivity index (χ0n) is 16.6. The Labute approximate surface area is 183 Å². The molecule has 0 aliphatic carbocycles. The van der Waals surface area contributed by atoms with E-state index in [1.165, 1.54) is 0 Å². The third-order valence-corrected chi connectivity index (χ3v) is 3.29. The Morgan fingerprint density at radius 2 is 1.33 bits per heavy atom. The number of benzene rings is 1. The van der Waals surface area contributed by atoms with Crippen LogP contribution in [0.25, 0.3) is 0 Å². The number of hydrogen-bond donors (Lipinski definition) is 4. The van der Waals surface area contributed by atoms with Gasteiger partial charge in [0.05, 0.1) is 18.3 Å². The summed E-state index contributed by atoms with van der Waals surface area (Å²) in [5, 5.41) is 17.0. The van der Waals surface area contributed by atoms with E-state index in [4.69, 9.17) is 25.5 Å². The number of nitrogens with zero attached hydrogens (tertiary/aromatic N) is 1. The molecule has 0 aliphatic rings. The number of hydrogen-bond acceptors (Lipinski definition) is 5. The lowest BCUT2D eigenvalue weighted by atomic mass is 10.1. The van der Waals surface area contributed by atoms with Crippen molar-refractivity contribution in [2.75, 3.05) is 0 Å². The van der Waals surface area contributed by atoms with Crippen molar-refractivity contribution in [1.29, 1.82) is 0 Å². The van der Waals surface area contributed by atoms with E-state index in [2.05, 4.69) is 10.3 Å². The summed E-state index contributed by atoms with van der Waals surface area (Å²) in [4.78, 5) is 33.8. The summed E-state index contributed by atoms with van der Waals surface area (Å²) in [6.07, 6.45) is -7.93. The van der Waals surface area contributed by atoms with Crippen molar-refractivity contribution in [3.8, 4) is 0 Å². The first kappa shape index (κ1) is 29.3. The van der Waals surface area contributed by atoms with Crippen LogP contribution in [0, 0.1) is 0 Å². The highest BCUT2D eigenvalue weighted by atomic mass is 19.4. The summed E-state index contributed by atoms with van der Waals surface area (Å²) < 4.78 is 63.5. The lowest BCUT2D eigenvalue weighted by Gasteiger charge is -2.12. The predicted molar refractivity (Wildman–Crippen MR) is 102 cm³/mol. The van der Waals surface area contributed by atoms with Crippen molar-refractivity contribution in [2.45, 2.75) is 31.4 Å². The fourth-order valence-electron chi connectivity index (χ4n) is 1.77. The molecular formula is C19H19F6N3O5. The molecule has 8 nitrogen and oxygen atoms in total. The molecule has 33 heavy (non-hydrogen) atoms. The summed E-state index contributed by atoms with van der Waals surface area (Å²) in [6, 6.07) is 14.8. The first-order valence-electron chi connectivity index (χ1n) is 8.72. The van der Waals surface area contributed by atoms with E-state index in [0.29, 0.717) is 13.0 Å². The molecule has 0 radical (unpaired) electrons. The van der Waals surface area contributed by atoms with Gasteiger partial charge in [-0.25, -0.2) is 9.59 Å². The molecule has 14 heteroatoms. The van der Waals surface area contributed by atoms with Crippen molar-refractivity contribution in [2.24, 2.45) is 5.73 Å². The van der Waals surface area contributed by atoms with E-state index in [1.807, 2.05) is 48.5 Å². The maximum absolute atomic E-state index is 11.9. The summed E-state index contributed by atoms with van der Waals surface area (Å²) in [5.41, 5.74) is 7.76. The fourth-order valence-corrected chi connectivity index (χ4v) is 1.77. The molecule has 2 aromatic rings. The minimum absolute atomic E-state index is 0.158. The van der Waals surface area contributed by atoms with Crippen LogP contribution in [0.4, 0.5) is 26.3 Å². The van der Waals surface area contributed by atoms with Gasteiger partial charge in [-0.05, 0) is 24.1 Å². The van der Waals surface area contributed by atoms with Gasteiger partial charge in [0.1, 0.15) is 0 Å². The lowest BCUT2D eigenvalue weighted by Crippen LogP contribution is -2.41. The van der Waals surface area contributed by atoms with Crippen LogP contribution in [0.15, 0.2) is 54.7 Å². The second-order valence-electron chi connectivity index (χ2n) is 5.94. The highest BCUT2D eigenvalue weighted by Crippen LogP contribution is 2.13. The normalized spacial score (nSPS) is 11.6. The second kappa shape index (κ2) is 13.7. The van der Waals surface area contributed by atoms with Crippen LogP contribution in [-0.2, 0) is 27.3 Å². The number of carboxylic acid groups (broad SMARTS) is 2. The van der Waals surface area contributed by atoms with E-state index >= 15 is 0 Å². The molecule has 5 N–H and O–H groups in total. The molecule has 1 heterocycles. The predicted octanol–water partition coefficient (Wildman–Crippen LogP) is 2.53. The second-order valence-corrected chi connectivity index (χ2v) is 5.94. The number of nitrogens with two attached hydrogens (primary N) is 1. The molecule has 0 saturated heterocycles. The Morgan fingerprint density at radius 3 is 1.73 bits per heavy atom. The summed E-state index contributed by atoms with van der Waals surface area (Å²) in [6.45, 7) is 0.405. The molecule has 2 rings (SSSR count). The zero-order chi connectivity index (χ0) is 25.7. The molecule has 0 unspecified atom stereocenters. The monoisotopic (exact) mass is 483 g/mol. The lowest BCUT2D eigenvalue weighted by molar-refractivity contribution is -0.193. The molecule has 182 valence electrons. The van der Waals surface area contributed by atoms with Crippen LogP contribution in [-0.4, -0.2) is 51.4 Å². The average molecular weight is 483 g/mol. The molecule has 1 amide bonds. The van der Waals surface area contributed by atoms with Crippen LogP contribution in [0.1, 0.15) is 11.3 Å². The molecule has 0 fully saturated rings. The highest BCUT2D eigenvalue weighted by molar-refractivity contribution is 5.81. The van der Waals surface area contributed by atoms with Crippen LogP contribution in [0.3, 0.4) is 0 Å². The summed E-state index contributed by atoms with van der Waals surface area (Å²) in [5.74, 6) is -5.67. The number of alkyl halides is 6. The average Bonchev–Trinajstić information content (AvgIpc) is 2.73. The third-order valence-electron chi connectivity index (χ3n) is 3.29.